The molecule has 4 aromatic rings. The lowest BCUT2D eigenvalue weighted by atomic mass is 10.1. The SMILES string of the molecule is Cn1ccc(-c2cccc(-c3nc(N4CCOCC4)nc(Nc4cccnc4)c3P(C)(C)=O)c2)n1. The number of anilines is 3. The highest BCUT2D eigenvalue weighted by molar-refractivity contribution is 7.70. The van der Waals surface area contributed by atoms with Crippen molar-refractivity contribution in [3.63, 3.8) is 0 Å². The van der Waals surface area contributed by atoms with Crippen molar-refractivity contribution >= 4 is 29.9 Å². The first kappa shape index (κ1) is 23.2. The van der Waals surface area contributed by atoms with E-state index in [0.29, 0.717) is 49.1 Å². The van der Waals surface area contributed by atoms with Crippen LogP contribution in [0.3, 0.4) is 0 Å². The van der Waals surface area contributed by atoms with Crippen molar-refractivity contribution < 1.29 is 9.30 Å². The first-order valence-corrected chi connectivity index (χ1v) is 14.1. The van der Waals surface area contributed by atoms with Crippen LogP contribution in [0, 0.1) is 0 Å². The maximum Gasteiger partial charge on any atom is 0.228 e. The van der Waals surface area contributed by atoms with Crippen LogP contribution in [0.2, 0.25) is 0 Å². The molecule has 0 radical (unpaired) electrons. The molecule has 10 heteroatoms. The fourth-order valence-corrected chi connectivity index (χ4v) is 5.42. The number of morpholine rings is 1. The van der Waals surface area contributed by atoms with Gasteiger partial charge in [0.25, 0.3) is 0 Å². The Morgan fingerprint density at radius 3 is 2.51 bits per heavy atom. The van der Waals surface area contributed by atoms with Gasteiger partial charge >= 0.3 is 0 Å². The zero-order valence-electron chi connectivity index (χ0n) is 20.0. The Bertz CT molecular complexity index is 1380. The molecule has 0 bridgehead atoms. The van der Waals surface area contributed by atoms with Crippen LogP contribution in [-0.2, 0) is 16.3 Å². The number of hydrogen-bond donors (Lipinski definition) is 1. The molecule has 1 saturated heterocycles. The van der Waals surface area contributed by atoms with Crippen LogP contribution in [-0.4, -0.2) is 64.4 Å². The number of hydrogen-bond acceptors (Lipinski definition) is 8. The van der Waals surface area contributed by atoms with E-state index in [4.69, 9.17) is 14.7 Å². The van der Waals surface area contributed by atoms with Gasteiger partial charge in [0.15, 0.2) is 0 Å². The molecular weight excluding hydrogens is 461 g/mol. The van der Waals surface area contributed by atoms with Gasteiger partial charge in [-0.1, -0.05) is 18.2 Å². The Balaban J connectivity index is 1.70. The first-order chi connectivity index (χ1) is 16.9. The second-order valence-electron chi connectivity index (χ2n) is 8.84. The number of aromatic nitrogens is 5. The third-order valence-electron chi connectivity index (χ3n) is 5.77. The summed E-state index contributed by atoms with van der Waals surface area (Å²) in [6.07, 6.45) is 5.35. The van der Waals surface area contributed by atoms with E-state index < -0.39 is 7.14 Å². The molecule has 1 N–H and O–H groups in total. The van der Waals surface area contributed by atoms with E-state index in [-0.39, 0.29) is 0 Å². The standard InChI is InChI=1S/C25H28N7O2P/c1-31-11-9-21(30-31)18-6-4-7-19(16-18)22-23(35(2,3)33)24(27-20-8-5-10-26-17-20)29-25(28-22)32-12-14-34-15-13-32/h4-11,16-17H,12-15H2,1-3H3,(H,27,28,29). The van der Waals surface area contributed by atoms with Gasteiger partial charge in [0.2, 0.25) is 5.95 Å². The Labute approximate surface area is 204 Å². The summed E-state index contributed by atoms with van der Waals surface area (Å²) >= 11 is 0. The number of rotatable bonds is 6. The summed E-state index contributed by atoms with van der Waals surface area (Å²) in [4.78, 5) is 16.1. The van der Waals surface area contributed by atoms with Gasteiger partial charge in [0, 0.05) is 43.7 Å². The van der Waals surface area contributed by atoms with Crippen LogP contribution >= 0.6 is 7.14 Å². The molecule has 0 spiro atoms. The minimum Gasteiger partial charge on any atom is -0.378 e. The molecule has 4 heterocycles. The molecule has 5 rings (SSSR count). The van der Waals surface area contributed by atoms with Gasteiger partial charge in [-0.25, -0.2) is 4.98 Å². The summed E-state index contributed by atoms with van der Waals surface area (Å²) in [5.41, 5.74) is 4.10. The highest BCUT2D eigenvalue weighted by Gasteiger charge is 2.28. The van der Waals surface area contributed by atoms with Crippen molar-refractivity contribution in [2.24, 2.45) is 7.05 Å². The van der Waals surface area contributed by atoms with Crippen LogP contribution in [0.15, 0.2) is 61.1 Å². The van der Waals surface area contributed by atoms with E-state index in [9.17, 15) is 4.57 Å². The third-order valence-corrected chi connectivity index (χ3v) is 7.27. The highest BCUT2D eigenvalue weighted by Crippen LogP contribution is 2.42. The molecular formula is C25H28N7O2P. The van der Waals surface area contributed by atoms with Crippen LogP contribution in [0.5, 0.6) is 0 Å². The lowest BCUT2D eigenvalue weighted by Gasteiger charge is -2.28. The van der Waals surface area contributed by atoms with Gasteiger partial charge in [-0.3, -0.25) is 9.67 Å². The lowest BCUT2D eigenvalue weighted by molar-refractivity contribution is 0.122. The van der Waals surface area contributed by atoms with Gasteiger partial charge in [0.05, 0.1) is 41.8 Å². The molecule has 35 heavy (non-hydrogen) atoms. The number of nitrogens with zero attached hydrogens (tertiary/aromatic N) is 6. The largest absolute Gasteiger partial charge is 0.378 e. The maximum absolute atomic E-state index is 13.7. The van der Waals surface area contributed by atoms with E-state index in [0.717, 1.165) is 22.5 Å². The molecule has 1 aromatic carbocycles. The lowest BCUT2D eigenvalue weighted by Crippen LogP contribution is -2.38. The minimum absolute atomic E-state index is 0.529. The molecule has 1 aliphatic heterocycles. The van der Waals surface area contributed by atoms with Crippen molar-refractivity contribution in [1.29, 1.82) is 0 Å². The molecule has 0 amide bonds. The molecule has 180 valence electrons. The zero-order valence-corrected chi connectivity index (χ0v) is 20.9. The molecule has 3 aromatic heterocycles. The van der Waals surface area contributed by atoms with Gasteiger partial charge in [-0.15, -0.1) is 0 Å². The summed E-state index contributed by atoms with van der Waals surface area (Å²) in [5, 5.41) is 8.51. The molecule has 0 saturated carbocycles. The van der Waals surface area contributed by atoms with E-state index >= 15 is 0 Å². The second kappa shape index (κ2) is 9.60. The van der Waals surface area contributed by atoms with Gasteiger partial charge in [0.1, 0.15) is 13.0 Å². The fourth-order valence-electron chi connectivity index (χ4n) is 4.11. The average Bonchev–Trinajstić information content (AvgIpc) is 3.30. The number of aryl methyl sites for hydroxylation is 1. The van der Waals surface area contributed by atoms with Gasteiger partial charge in [-0.2, -0.15) is 10.1 Å². The summed E-state index contributed by atoms with van der Waals surface area (Å²) in [6, 6.07) is 13.8. The fraction of sp³-hybridized carbons (Fsp3) is 0.280. The Morgan fingerprint density at radius 1 is 1.03 bits per heavy atom. The smallest absolute Gasteiger partial charge is 0.228 e. The normalized spacial score (nSPS) is 14.2. The molecule has 0 aliphatic carbocycles. The quantitative estimate of drug-likeness (QED) is 0.409. The van der Waals surface area contributed by atoms with Crippen LogP contribution < -0.4 is 15.5 Å². The summed E-state index contributed by atoms with van der Waals surface area (Å²) in [5.74, 6) is 1.11. The topological polar surface area (TPSA) is 98.1 Å². The summed E-state index contributed by atoms with van der Waals surface area (Å²) in [6.45, 7) is 6.10. The van der Waals surface area contributed by atoms with Crippen molar-refractivity contribution in [3.05, 3.63) is 61.1 Å². The van der Waals surface area contributed by atoms with Crippen molar-refractivity contribution in [3.8, 4) is 22.5 Å². The second-order valence-corrected chi connectivity index (χ2v) is 12.0. The molecule has 9 nitrogen and oxygen atoms in total. The number of ether oxygens (including phenoxy) is 1. The highest BCUT2D eigenvalue weighted by atomic mass is 31.2. The van der Waals surface area contributed by atoms with Crippen molar-refractivity contribution in [2.75, 3.05) is 49.8 Å². The van der Waals surface area contributed by atoms with Crippen molar-refractivity contribution in [2.45, 2.75) is 0 Å². The third kappa shape index (κ3) is 5.11. The summed E-state index contributed by atoms with van der Waals surface area (Å²) < 4.78 is 21.0. The number of benzene rings is 1. The van der Waals surface area contributed by atoms with E-state index in [2.05, 4.69) is 20.3 Å². The van der Waals surface area contributed by atoms with Crippen LogP contribution in [0.1, 0.15) is 0 Å². The minimum atomic E-state index is -2.81. The molecule has 1 fully saturated rings. The van der Waals surface area contributed by atoms with Crippen molar-refractivity contribution in [1.82, 2.24) is 24.7 Å². The predicted molar refractivity (Wildman–Crippen MR) is 139 cm³/mol. The van der Waals surface area contributed by atoms with Crippen LogP contribution in [0.4, 0.5) is 17.5 Å². The van der Waals surface area contributed by atoms with E-state index in [1.807, 2.05) is 55.7 Å². The molecule has 0 unspecified atom stereocenters. The van der Waals surface area contributed by atoms with E-state index in [1.54, 1.807) is 30.4 Å². The van der Waals surface area contributed by atoms with E-state index in [1.165, 1.54) is 0 Å². The van der Waals surface area contributed by atoms with Gasteiger partial charge in [-0.05, 0) is 37.6 Å². The molecule has 1 aliphatic rings. The number of nitrogens with one attached hydrogen (secondary N) is 1. The molecule has 0 atom stereocenters. The maximum atomic E-state index is 13.7. The van der Waals surface area contributed by atoms with Crippen LogP contribution in [0.25, 0.3) is 22.5 Å². The predicted octanol–water partition coefficient (Wildman–Crippen LogP) is 3.77. The Morgan fingerprint density at radius 2 is 1.83 bits per heavy atom. The zero-order chi connectivity index (χ0) is 24.4. The van der Waals surface area contributed by atoms with Gasteiger partial charge < -0.3 is 19.5 Å². The monoisotopic (exact) mass is 489 g/mol. The Kier molecular flexibility index (Phi) is 6.36. The first-order valence-electron chi connectivity index (χ1n) is 11.5. The average molecular weight is 490 g/mol. The Hall–Kier alpha value is -3.55. The number of pyridine rings is 1. The summed E-state index contributed by atoms with van der Waals surface area (Å²) in [7, 11) is -0.915.